The minimum Gasteiger partial charge on any atom is -0.469 e. The van der Waals surface area contributed by atoms with Gasteiger partial charge in [0.1, 0.15) is 5.76 Å². The van der Waals surface area contributed by atoms with Crippen molar-refractivity contribution in [2.24, 2.45) is 0 Å². The minimum atomic E-state index is 0.377. The van der Waals surface area contributed by atoms with Gasteiger partial charge in [0.15, 0.2) is 0 Å². The van der Waals surface area contributed by atoms with Crippen molar-refractivity contribution in [3.63, 3.8) is 0 Å². The van der Waals surface area contributed by atoms with Crippen molar-refractivity contribution in [2.75, 3.05) is 20.2 Å². The lowest BCUT2D eigenvalue weighted by atomic mass is 10.1. The monoisotopic (exact) mass is 238 g/mol. The summed E-state index contributed by atoms with van der Waals surface area (Å²) in [5.41, 5.74) is 0. The van der Waals surface area contributed by atoms with Gasteiger partial charge in [0.2, 0.25) is 0 Å². The summed E-state index contributed by atoms with van der Waals surface area (Å²) < 4.78 is 10.7. The van der Waals surface area contributed by atoms with Crippen LogP contribution in [0.5, 0.6) is 0 Å². The summed E-state index contributed by atoms with van der Waals surface area (Å²) in [5, 5.41) is 6.99. The van der Waals surface area contributed by atoms with Crippen LogP contribution < -0.4 is 10.6 Å². The summed E-state index contributed by atoms with van der Waals surface area (Å²) in [4.78, 5) is 0. The lowest BCUT2D eigenvalue weighted by molar-refractivity contribution is 0.117. The maximum Gasteiger partial charge on any atom is 0.105 e. The van der Waals surface area contributed by atoms with E-state index in [2.05, 4.69) is 17.6 Å². The molecular weight excluding hydrogens is 216 g/mol. The fourth-order valence-corrected chi connectivity index (χ4v) is 2.26. The number of rotatable bonds is 6. The van der Waals surface area contributed by atoms with Crippen LogP contribution in [0.3, 0.4) is 0 Å². The van der Waals surface area contributed by atoms with Crippen LogP contribution in [0.15, 0.2) is 22.8 Å². The van der Waals surface area contributed by atoms with E-state index in [0.29, 0.717) is 18.2 Å². The van der Waals surface area contributed by atoms with Gasteiger partial charge in [-0.3, -0.25) is 0 Å². The second-order valence-corrected chi connectivity index (χ2v) is 4.79. The van der Waals surface area contributed by atoms with Crippen molar-refractivity contribution >= 4 is 0 Å². The van der Waals surface area contributed by atoms with Crippen molar-refractivity contribution < 1.29 is 9.15 Å². The average molecular weight is 238 g/mol. The summed E-state index contributed by atoms with van der Waals surface area (Å²) in [7, 11) is 1.78. The van der Waals surface area contributed by atoms with Crippen molar-refractivity contribution in [3.8, 4) is 0 Å². The summed E-state index contributed by atoms with van der Waals surface area (Å²) in [5.74, 6) is 1.04. The number of hydrogen-bond acceptors (Lipinski definition) is 4. The highest BCUT2D eigenvalue weighted by molar-refractivity contribution is 5.00. The molecule has 0 spiro atoms. The predicted molar refractivity (Wildman–Crippen MR) is 67.1 cm³/mol. The Morgan fingerprint density at radius 3 is 3.18 bits per heavy atom. The molecule has 0 saturated carbocycles. The Morgan fingerprint density at radius 2 is 2.53 bits per heavy atom. The fourth-order valence-electron chi connectivity index (χ4n) is 2.26. The zero-order chi connectivity index (χ0) is 12.1. The van der Waals surface area contributed by atoms with Crippen LogP contribution in [0.1, 0.15) is 19.1 Å². The Kier molecular flexibility index (Phi) is 4.59. The summed E-state index contributed by atoms with van der Waals surface area (Å²) in [6.45, 7) is 4.14. The van der Waals surface area contributed by atoms with E-state index in [9.17, 15) is 0 Å². The molecule has 1 saturated heterocycles. The molecule has 0 radical (unpaired) electrons. The lowest BCUT2D eigenvalue weighted by Gasteiger charge is -2.16. The maximum absolute atomic E-state index is 5.33. The van der Waals surface area contributed by atoms with Gasteiger partial charge in [0, 0.05) is 38.7 Å². The van der Waals surface area contributed by atoms with Crippen LogP contribution >= 0.6 is 0 Å². The van der Waals surface area contributed by atoms with E-state index in [-0.39, 0.29) is 0 Å². The van der Waals surface area contributed by atoms with Crippen LogP contribution in [0.25, 0.3) is 0 Å². The molecule has 4 heteroatoms. The van der Waals surface area contributed by atoms with Crippen LogP contribution in [-0.2, 0) is 11.2 Å². The third kappa shape index (κ3) is 3.84. The average Bonchev–Trinajstić information content (AvgIpc) is 2.96. The molecule has 0 amide bonds. The molecule has 3 atom stereocenters. The summed E-state index contributed by atoms with van der Waals surface area (Å²) in [6.07, 6.45) is 4.14. The zero-order valence-corrected chi connectivity index (χ0v) is 10.6. The van der Waals surface area contributed by atoms with Crippen molar-refractivity contribution in [1.29, 1.82) is 0 Å². The van der Waals surface area contributed by atoms with Gasteiger partial charge in [0.25, 0.3) is 0 Å². The Morgan fingerprint density at radius 1 is 1.65 bits per heavy atom. The Balaban J connectivity index is 1.65. The van der Waals surface area contributed by atoms with Gasteiger partial charge in [-0.1, -0.05) is 0 Å². The number of methoxy groups -OCH3 is 1. The highest BCUT2D eigenvalue weighted by Crippen LogP contribution is 2.09. The van der Waals surface area contributed by atoms with E-state index in [0.717, 1.165) is 31.7 Å². The molecule has 2 rings (SSSR count). The molecule has 2 N–H and O–H groups in total. The maximum atomic E-state index is 5.33. The Bertz CT molecular complexity index is 313. The molecule has 3 unspecified atom stereocenters. The molecule has 1 aromatic rings. The molecule has 96 valence electrons. The second-order valence-electron chi connectivity index (χ2n) is 4.79. The fraction of sp³-hybridized carbons (Fsp3) is 0.692. The first-order valence-corrected chi connectivity index (χ1v) is 6.30. The second kappa shape index (κ2) is 6.19. The van der Waals surface area contributed by atoms with E-state index >= 15 is 0 Å². The molecule has 0 aromatic carbocycles. The van der Waals surface area contributed by atoms with E-state index in [4.69, 9.17) is 9.15 Å². The van der Waals surface area contributed by atoms with Gasteiger partial charge in [-0.05, 0) is 25.5 Å². The van der Waals surface area contributed by atoms with Gasteiger partial charge in [-0.15, -0.1) is 0 Å². The lowest BCUT2D eigenvalue weighted by Crippen LogP contribution is -2.39. The van der Waals surface area contributed by atoms with Crippen LogP contribution in [-0.4, -0.2) is 38.4 Å². The first-order chi connectivity index (χ1) is 8.28. The number of nitrogens with one attached hydrogen (secondary N) is 2. The Labute approximate surface area is 103 Å². The van der Waals surface area contributed by atoms with Crippen LogP contribution in [0.4, 0.5) is 0 Å². The van der Waals surface area contributed by atoms with E-state index in [1.807, 2.05) is 12.1 Å². The Hall–Kier alpha value is -0.840. The molecule has 1 aromatic heterocycles. The van der Waals surface area contributed by atoms with Gasteiger partial charge in [-0.25, -0.2) is 0 Å². The molecule has 2 heterocycles. The van der Waals surface area contributed by atoms with Crippen LogP contribution in [0, 0.1) is 0 Å². The topological polar surface area (TPSA) is 46.4 Å². The molecule has 1 aliphatic heterocycles. The first-order valence-electron chi connectivity index (χ1n) is 6.30. The molecule has 0 bridgehead atoms. The molecule has 4 nitrogen and oxygen atoms in total. The van der Waals surface area contributed by atoms with Crippen molar-refractivity contribution in [2.45, 2.75) is 38.0 Å². The van der Waals surface area contributed by atoms with Gasteiger partial charge >= 0.3 is 0 Å². The third-order valence-corrected chi connectivity index (χ3v) is 3.32. The number of ether oxygens (including phenoxy) is 1. The minimum absolute atomic E-state index is 0.377. The smallest absolute Gasteiger partial charge is 0.105 e. The molecule has 1 fully saturated rings. The SMILES string of the molecule is COC1CNC(CNC(C)Cc2ccco2)C1. The molecular formula is C13H22N2O2. The molecule has 1 aliphatic rings. The van der Waals surface area contributed by atoms with E-state index < -0.39 is 0 Å². The van der Waals surface area contributed by atoms with Gasteiger partial charge in [0.05, 0.1) is 12.4 Å². The van der Waals surface area contributed by atoms with Gasteiger partial charge in [-0.2, -0.15) is 0 Å². The van der Waals surface area contributed by atoms with E-state index in [1.165, 1.54) is 0 Å². The van der Waals surface area contributed by atoms with Gasteiger partial charge < -0.3 is 19.8 Å². The highest BCUT2D eigenvalue weighted by Gasteiger charge is 2.23. The first kappa shape index (κ1) is 12.6. The predicted octanol–water partition coefficient (Wildman–Crippen LogP) is 1.18. The molecule has 0 aliphatic carbocycles. The zero-order valence-electron chi connectivity index (χ0n) is 10.6. The third-order valence-electron chi connectivity index (χ3n) is 3.32. The highest BCUT2D eigenvalue weighted by atomic mass is 16.5. The quantitative estimate of drug-likeness (QED) is 0.781. The molecule has 17 heavy (non-hydrogen) atoms. The van der Waals surface area contributed by atoms with Crippen molar-refractivity contribution in [1.82, 2.24) is 10.6 Å². The largest absolute Gasteiger partial charge is 0.469 e. The normalized spacial score (nSPS) is 26.2. The van der Waals surface area contributed by atoms with Crippen LogP contribution in [0.2, 0.25) is 0 Å². The summed E-state index contributed by atoms with van der Waals surface area (Å²) in [6, 6.07) is 4.92. The standard InChI is InChI=1S/C13H22N2O2/c1-10(6-12-4-3-5-17-12)14-8-11-7-13(16-2)9-15-11/h3-5,10-11,13-15H,6-9H2,1-2H3. The summed E-state index contributed by atoms with van der Waals surface area (Å²) >= 11 is 0. The number of furan rings is 1. The number of hydrogen-bond donors (Lipinski definition) is 2. The van der Waals surface area contributed by atoms with Crippen molar-refractivity contribution in [3.05, 3.63) is 24.2 Å². The van der Waals surface area contributed by atoms with E-state index in [1.54, 1.807) is 13.4 Å².